The van der Waals surface area contributed by atoms with Crippen LogP contribution in [0.4, 0.5) is 0 Å². The van der Waals surface area contributed by atoms with Crippen molar-refractivity contribution in [1.29, 1.82) is 0 Å². The minimum absolute atomic E-state index is 0.162. The van der Waals surface area contributed by atoms with Crippen molar-refractivity contribution in [2.75, 3.05) is 13.2 Å². The van der Waals surface area contributed by atoms with Gasteiger partial charge in [0.05, 0.1) is 24.7 Å². The molecular weight excluding hydrogens is 264 g/mol. The monoisotopic (exact) mass is 286 g/mol. The smallest absolute Gasteiger partial charge is 0.316 e. The SMILES string of the molecule is CCOC(=O)[C@@H]1C(=O)C[C@](C)(O)[C@H](C(=O)OCC)[C@@H]1C. The van der Waals surface area contributed by atoms with Gasteiger partial charge < -0.3 is 14.6 Å². The normalized spacial score (nSPS) is 33.6. The van der Waals surface area contributed by atoms with Crippen molar-refractivity contribution in [1.82, 2.24) is 0 Å². The van der Waals surface area contributed by atoms with Gasteiger partial charge in [0.1, 0.15) is 11.7 Å². The quantitative estimate of drug-likeness (QED) is 0.604. The molecule has 0 heterocycles. The molecular formula is C14H22O6. The summed E-state index contributed by atoms with van der Waals surface area (Å²) in [4.78, 5) is 35.9. The first-order valence-corrected chi connectivity index (χ1v) is 6.84. The van der Waals surface area contributed by atoms with Crippen molar-refractivity contribution in [3.05, 3.63) is 0 Å². The van der Waals surface area contributed by atoms with Crippen LogP contribution in [-0.2, 0) is 23.9 Å². The number of ketones is 1. The molecule has 0 amide bonds. The summed E-state index contributed by atoms with van der Waals surface area (Å²) in [5.74, 6) is -4.24. The lowest BCUT2D eigenvalue weighted by Gasteiger charge is -2.41. The molecule has 0 bridgehead atoms. The van der Waals surface area contributed by atoms with Crippen LogP contribution in [0.25, 0.3) is 0 Å². The summed E-state index contributed by atoms with van der Waals surface area (Å²) in [6.07, 6.45) is -0.260. The van der Waals surface area contributed by atoms with Crippen LogP contribution in [0.2, 0.25) is 0 Å². The summed E-state index contributed by atoms with van der Waals surface area (Å²) in [5.41, 5.74) is -1.51. The van der Waals surface area contributed by atoms with Crippen LogP contribution in [0.15, 0.2) is 0 Å². The van der Waals surface area contributed by atoms with E-state index in [4.69, 9.17) is 9.47 Å². The van der Waals surface area contributed by atoms with Gasteiger partial charge in [0, 0.05) is 6.42 Å². The van der Waals surface area contributed by atoms with Gasteiger partial charge in [0.15, 0.2) is 0 Å². The number of ether oxygens (including phenoxy) is 2. The lowest BCUT2D eigenvalue weighted by molar-refractivity contribution is -0.176. The zero-order valence-electron chi connectivity index (χ0n) is 12.3. The van der Waals surface area contributed by atoms with E-state index in [2.05, 4.69) is 0 Å². The standard InChI is InChI=1S/C14H22O6/c1-5-19-12(16)10-8(3)11(13(17)20-6-2)14(4,18)7-9(10)15/h8,10-11,18H,5-7H2,1-4H3/t8-,10+,11+,14+/m1/s1. The zero-order valence-corrected chi connectivity index (χ0v) is 12.3. The molecule has 1 aliphatic rings. The molecule has 0 radical (unpaired) electrons. The average Bonchev–Trinajstić information content (AvgIpc) is 2.27. The molecule has 6 heteroatoms. The third-order valence-electron chi connectivity index (χ3n) is 3.68. The van der Waals surface area contributed by atoms with Gasteiger partial charge in [-0.1, -0.05) is 6.92 Å². The molecule has 0 aromatic carbocycles. The van der Waals surface area contributed by atoms with E-state index in [0.717, 1.165) is 0 Å². The van der Waals surface area contributed by atoms with Gasteiger partial charge in [-0.3, -0.25) is 14.4 Å². The van der Waals surface area contributed by atoms with Gasteiger partial charge >= 0.3 is 11.9 Å². The second kappa shape index (κ2) is 6.35. The Morgan fingerprint density at radius 2 is 1.75 bits per heavy atom. The lowest BCUT2D eigenvalue weighted by Crippen LogP contribution is -2.55. The van der Waals surface area contributed by atoms with Gasteiger partial charge in [-0.05, 0) is 26.7 Å². The first-order chi connectivity index (χ1) is 9.26. The Hall–Kier alpha value is -1.43. The van der Waals surface area contributed by atoms with Crippen molar-refractivity contribution in [2.45, 2.75) is 39.7 Å². The first kappa shape index (κ1) is 16.6. The topological polar surface area (TPSA) is 89.9 Å². The molecule has 1 saturated carbocycles. The van der Waals surface area contributed by atoms with Crippen molar-refractivity contribution < 1.29 is 29.0 Å². The lowest BCUT2D eigenvalue weighted by atomic mass is 9.64. The van der Waals surface area contributed by atoms with Crippen LogP contribution in [0.1, 0.15) is 34.1 Å². The summed E-state index contributed by atoms with van der Waals surface area (Å²) in [6, 6.07) is 0. The van der Waals surface area contributed by atoms with Crippen LogP contribution in [0, 0.1) is 17.8 Å². The molecule has 1 aliphatic carbocycles. The summed E-state index contributed by atoms with van der Waals surface area (Å²) in [5, 5.41) is 10.3. The fourth-order valence-electron chi connectivity index (χ4n) is 2.90. The maximum Gasteiger partial charge on any atom is 0.316 e. The van der Waals surface area contributed by atoms with Crippen LogP contribution in [0.3, 0.4) is 0 Å². The Morgan fingerprint density at radius 3 is 2.25 bits per heavy atom. The molecule has 0 saturated heterocycles. The van der Waals surface area contributed by atoms with Gasteiger partial charge in [-0.15, -0.1) is 0 Å². The molecule has 4 atom stereocenters. The predicted molar refractivity (Wildman–Crippen MR) is 69.7 cm³/mol. The number of hydrogen-bond acceptors (Lipinski definition) is 6. The fraction of sp³-hybridized carbons (Fsp3) is 0.786. The number of rotatable bonds is 4. The van der Waals surface area contributed by atoms with Gasteiger partial charge in [-0.25, -0.2) is 0 Å². The second-order valence-corrected chi connectivity index (χ2v) is 5.32. The molecule has 0 unspecified atom stereocenters. The Kier molecular flexibility index (Phi) is 5.28. The zero-order chi connectivity index (χ0) is 15.5. The minimum atomic E-state index is -1.51. The summed E-state index contributed by atoms with van der Waals surface area (Å²) >= 11 is 0. The van der Waals surface area contributed by atoms with E-state index in [1.807, 2.05) is 0 Å². The maximum absolute atomic E-state index is 12.0. The fourth-order valence-corrected chi connectivity index (χ4v) is 2.90. The first-order valence-electron chi connectivity index (χ1n) is 6.84. The van der Waals surface area contributed by atoms with Crippen LogP contribution < -0.4 is 0 Å². The van der Waals surface area contributed by atoms with Crippen molar-refractivity contribution in [3.63, 3.8) is 0 Å². The highest BCUT2D eigenvalue weighted by Gasteiger charge is 2.54. The molecule has 0 aromatic heterocycles. The Morgan fingerprint density at radius 1 is 1.25 bits per heavy atom. The van der Waals surface area contributed by atoms with Crippen molar-refractivity contribution >= 4 is 17.7 Å². The van der Waals surface area contributed by atoms with Gasteiger partial charge in [0.2, 0.25) is 0 Å². The van der Waals surface area contributed by atoms with Crippen LogP contribution in [-0.4, -0.2) is 41.6 Å². The van der Waals surface area contributed by atoms with Crippen LogP contribution in [0.5, 0.6) is 0 Å². The van der Waals surface area contributed by atoms with E-state index in [0.29, 0.717) is 0 Å². The highest BCUT2D eigenvalue weighted by Crippen LogP contribution is 2.40. The van der Waals surface area contributed by atoms with E-state index < -0.39 is 41.1 Å². The summed E-state index contributed by atoms with van der Waals surface area (Å²) in [7, 11) is 0. The molecule has 20 heavy (non-hydrogen) atoms. The predicted octanol–water partition coefficient (Wildman–Crippen LogP) is 0.705. The highest BCUT2D eigenvalue weighted by atomic mass is 16.5. The molecule has 0 aliphatic heterocycles. The Labute approximate surface area is 118 Å². The molecule has 1 fully saturated rings. The number of aliphatic hydroxyl groups is 1. The maximum atomic E-state index is 12.0. The Balaban J connectivity index is 3.05. The molecule has 6 nitrogen and oxygen atoms in total. The molecule has 1 rings (SSSR count). The Bertz CT molecular complexity index is 400. The molecule has 0 aromatic rings. The summed E-state index contributed by atoms with van der Waals surface area (Å²) < 4.78 is 9.83. The number of carbonyl (C=O) groups is 3. The number of esters is 2. The average molecular weight is 286 g/mol. The molecule has 0 spiro atoms. The molecule has 1 N–H and O–H groups in total. The minimum Gasteiger partial charge on any atom is -0.466 e. The number of Topliss-reactive ketones (excluding diaryl/α,β-unsaturated/α-hetero) is 1. The van der Waals surface area contributed by atoms with Crippen molar-refractivity contribution in [2.24, 2.45) is 17.8 Å². The van der Waals surface area contributed by atoms with Gasteiger partial charge in [-0.2, -0.15) is 0 Å². The van der Waals surface area contributed by atoms with E-state index in [9.17, 15) is 19.5 Å². The van der Waals surface area contributed by atoms with Gasteiger partial charge in [0.25, 0.3) is 0 Å². The van der Waals surface area contributed by atoms with E-state index in [-0.39, 0.29) is 19.6 Å². The van der Waals surface area contributed by atoms with Crippen LogP contribution >= 0.6 is 0 Å². The highest BCUT2D eigenvalue weighted by molar-refractivity contribution is 6.01. The number of carbonyl (C=O) groups excluding carboxylic acids is 3. The largest absolute Gasteiger partial charge is 0.466 e. The van der Waals surface area contributed by atoms with Crippen molar-refractivity contribution in [3.8, 4) is 0 Å². The third-order valence-corrected chi connectivity index (χ3v) is 3.68. The second-order valence-electron chi connectivity index (χ2n) is 5.32. The third kappa shape index (κ3) is 3.17. The van der Waals surface area contributed by atoms with E-state index in [1.54, 1.807) is 20.8 Å². The van der Waals surface area contributed by atoms with E-state index in [1.165, 1.54) is 6.92 Å². The summed E-state index contributed by atoms with van der Waals surface area (Å²) in [6.45, 7) is 6.66. The number of hydrogen-bond donors (Lipinski definition) is 1. The molecule has 114 valence electrons. The van der Waals surface area contributed by atoms with E-state index >= 15 is 0 Å².